The lowest BCUT2D eigenvalue weighted by atomic mass is 10.2. The average Bonchev–Trinajstić information content (AvgIpc) is 2.29. The van der Waals surface area contributed by atoms with Gasteiger partial charge in [-0.25, -0.2) is 0 Å². The molecule has 3 nitrogen and oxygen atoms in total. The van der Waals surface area contributed by atoms with Crippen LogP contribution < -0.4 is 0 Å². The third-order valence-corrected chi connectivity index (χ3v) is 2.11. The zero-order valence-electron chi connectivity index (χ0n) is 8.89. The van der Waals surface area contributed by atoms with E-state index < -0.39 is 0 Å². The number of ether oxygens (including phenoxy) is 2. The fraction of sp³-hybridized carbons (Fsp3) is 0.417. The van der Waals surface area contributed by atoms with Gasteiger partial charge in [-0.15, -0.1) is 0 Å². The first-order chi connectivity index (χ1) is 7.36. The van der Waals surface area contributed by atoms with Gasteiger partial charge in [0.05, 0.1) is 19.3 Å². The van der Waals surface area contributed by atoms with E-state index in [4.69, 9.17) is 9.47 Å². The largest absolute Gasteiger partial charge is 0.379 e. The molecule has 1 atom stereocenters. The summed E-state index contributed by atoms with van der Waals surface area (Å²) in [5.74, 6) is 0. The van der Waals surface area contributed by atoms with E-state index in [1.165, 1.54) is 0 Å². The number of aldehydes is 1. The minimum atomic E-state index is -0.133. The summed E-state index contributed by atoms with van der Waals surface area (Å²) in [7, 11) is 1.58. The summed E-state index contributed by atoms with van der Waals surface area (Å²) in [6, 6.07) is 9.91. The fourth-order valence-corrected chi connectivity index (χ4v) is 1.22. The molecule has 0 fully saturated rings. The molecule has 0 saturated carbocycles. The van der Waals surface area contributed by atoms with Crippen molar-refractivity contribution in [2.45, 2.75) is 19.1 Å². The Morgan fingerprint density at radius 3 is 2.67 bits per heavy atom. The normalized spacial score (nSPS) is 12.3. The summed E-state index contributed by atoms with van der Waals surface area (Å²) in [5.41, 5.74) is 1.12. The molecule has 0 saturated heterocycles. The topological polar surface area (TPSA) is 35.5 Å². The molecule has 0 N–H and O–H groups in total. The Kier molecular flexibility index (Phi) is 5.66. The van der Waals surface area contributed by atoms with Crippen molar-refractivity contribution in [2.75, 3.05) is 13.7 Å². The predicted molar refractivity (Wildman–Crippen MR) is 57.6 cm³/mol. The highest BCUT2D eigenvalue weighted by atomic mass is 16.5. The first-order valence-corrected chi connectivity index (χ1v) is 4.95. The monoisotopic (exact) mass is 208 g/mol. The van der Waals surface area contributed by atoms with Gasteiger partial charge in [0, 0.05) is 13.5 Å². The Balaban J connectivity index is 2.23. The zero-order valence-corrected chi connectivity index (χ0v) is 8.89. The van der Waals surface area contributed by atoms with Gasteiger partial charge in [0.15, 0.2) is 0 Å². The van der Waals surface area contributed by atoms with Crippen LogP contribution in [0.4, 0.5) is 0 Å². The SMILES string of the molecule is CO[C@H](CC=O)COCc1ccccc1. The molecule has 3 heteroatoms. The summed E-state index contributed by atoms with van der Waals surface area (Å²) in [4.78, 5) is 10.3. The Morgan fingerprint density at radius 1 is 1.33 bits per heavy atom. The smallest absolute Gasteiger partial charge is 0.122 e. The zero-order chi connectivity index (χ0) is 10.9. The summed E-state index contributed by atoms with van der Waals surface area (Å²) < 4.78 is 10.5. The Hall–Kier alpha value is -1.19. The third kappa shape index (κ3) is 4.72. The lowest BCUT2D eigenvalue weighted by Crippen LogP contribution is -2.18. The molecular formula is C12H16O3. The molecule has 0 radical (unpaired) electrons. The molecular weight excluding hydrogens is 192 g/mol. The first kappa shape index (κ1) is 11.9. The van der Waals surface area contributed by atoms with Gasteiger partial charge in [-0.05, 0) is 5.56 Å². The number of methoxy groups -OCH3 is 1. The molecule has 0 aromatic heterocycles. The van der Waals surface area contributed by atoms with Crippen LogP contribution in [0.25, 0.3) is 0 Å². The van der Waals surface area contributed by atoms with Crippen LogP contribution >= 0.6 is 0 Å². The Morgan fingerprint density at radius 2 is 2.07 bits per heavy atom. The highest BCUT2D eigenvalue weighted by Gasteiger charge is 2.06. The van der Waals surface area contributed by atoms with E-state index in [-0.39, 0.29) is 6.10 Å². The minimum Gasteiger partial charge on any atom is -0.379 e. The molecule has 0 aliphatic rings. The standard InChI is InChI=1S/C12H16O3/c1-14-12(7-8-13)10-15-9-11-5-3-2-4-6-11/h2-6,8,12H,7,9-10H2,1H3/t12-/m1/s1. The van der Waals surface area contributed by atoms with Gasteiger partial charge in [-0.3, -0.25) is 0 Å². The van der Waals surface area contributed by atoms with E-state index in [1.54, 1.807) is 7.11 Å². The van der Waals surface area contributed by atoms with Crippen molar-refractivity contribution in [1.82, 2.24) is 0 Å². The number of carbonyl (C=O) groups is 1. The van der Waals surface area contributed by atoms with E-state index in [0.29, 0.717) is 19.6 Å². The van der Waals surface area contributed by atoms with Gasteiger partial charge in [-0.1, -0.05) is 30.3 Å². The fourth-order valence-electron chi connectivity index (χ4n) is 1.22. The van der Waals surface area contributed by atoms with Gasteiger partial charge in [-0.2, -0.15) is 0 Å². The number of rotatable bonds is 7. The molecule has 0 heterocycles. The molecule has 1 aromatic carbocycles. The molecule has 0 aliphatic carbocycles. The maximum atomic E-state index is 10.3. The molecule has 82 valence electrons. The second-order valence-electron chi connectivity index (χ2n) is 3.26. The van der Waals surface area contributed by atoms with Crippen LogP contribution in [-0.4, -0.2) is 26.1 Å². The highest BCUT2D eigenvalue weighted by Crippen LogP contribution is 2.02. The second kappa shape index (κ2) is 7.15. The Labute approximate surface area is 90.0 Å². The van der Waals surface area contributed by atoms with Crippen molar-refractivity contribution < 1.29 is 14.3 Å². The summed E-state index contributed by atoms with van der Waals surface area (Å²) in [5, 5.41) is 0. The van der Waals surface area contributed by atoms with Crippen molar-refractivity contribution in [2.24, 2.45) is 0 Å². The maximum absolute atomic E-state index is 10.3. The lowest BCUT2D eigenvalue weighted by Gasteiger charge is -2.12. The molecule has 1 aromatic rings. The number of benzene rings is 1. The highest BCUT2D eigenvalue weighted by molar-refractivity contribution is 5.50. The van der Waals surface area contributed by atoms with Gasteiger partial charge < -0.3 is 14.3 Å². The number of hydrogen-bond acceptors (Lipinski definition) is 3. The van der Waals surface area contributed by atoms with Gasteiger partial charge >= 0.3 is 0 Å². The van der Waals surface area contributed by atoms with Gasteiger partial charge in [0.1, 0.15) is 6.29 Å². The van der Waals surface area contributed by atoms with Gasteiger partial charge in [0.2, 0.25) is 0 Å². The summed E-state index contributed by atoms with van der Waals surface area (Å²) in [6.45, 7) is 1.00. The molecule has 0 bridgehead atoms. The average molecular weight is 208 g/mol. The van der Waals surface area contributed by atoms with E-state index in [1.807, 2.05) is 30.3 Å². The quantitative estimate of drug-likeness (QED) is 0.641. The predicted octanol–water partition coefficient (Wildman–Crippen LogP) is 1.81. The Bertz CT molecular complexity index is 271. The molecule has 0 aliphatic heterocycles. The van der Waals surface area contributed by atoms with Crippen molar-refractivity contribution in [3.8, 4) is 0 Å². The molecule has 0 amide bonds. The second-order valence-corrected chi connectivity index (χ2v) is 3.26. The molecule has 0 unspecified atom stereocenters. The van der Waals surface area contributed by atoms with Crippen molar-refractivity contribution in [3.05, 3.63) is 35.9 Å². The molecule has 1 rings (SSSR count). The van der Waals surface area contributed by atoms with E-state index in [2.05, 4.69) is 0 Å². The summed E-state index contributed by atoms with van der Waals surface area (Å²) >= 11 is 0. The van der Waals surface area contributed by atoms with Crippen molar-refractivity contribution >= 4 is 6.29 Å². The maximum Gasteiger partial charge on any atom is 0.122 e. The van der Waals surface area contributed by atoms with Gasteiger partial charge in [0.25, 0.3) is 0 Å². The van der Waals surface area contributed by atoms with Crippen LogP contribution in [0.1, 0.15) is 12.0 Å². The first-order valence-electron chi connectivity index (χ1n) is 4.95. The van der Waals surface area contributed by atoms with E-state index in [9.17, 15) is 4.79 Å². The van der Waals surface area contributed by atoms with Crippen LogP contribution in [-0.2, 0) is 20.9 Å². The van der Waals surface area contributed by atoms with E-state index >= 15 is 0 Å². The number of carbonyl (C=O) groups excluding carboxylic acids is 1. The molecule has 0 spiro atoms. The minimum absolute atomic E-state index is 0.133. The van der Waals surface area contributed by atoms with Crippen molar-refractivity contribution in [1.29, 1.82) is 0 Å². The van der Waals surface area contributed by atoms with Crippen LogP contribution in [0.15, 0.2) is 30.3 Å². The van der Waals surface area contributed by atoms with Crippen LogP contribution in [0.5, 0.6) is 0 Å². The van der Waals surface area contributed by atoms with Crippen LogP contribution in [0, 0.1) is 0 Å². The van der Waals surface area contributed by atoms with Crippen LogP contribution in [0.3, 0.4) is 0 Å². The van der Waals surface area contributed by atoms with Crippen LogP contribution in [0.2, 0.25) is 0 Å². The van der Waals surface area contributed by atoms with Crippen molar-refractivity contribution in [3.63, 3.8) is 0 Å². The number of hydrogen-bond donors (Lipinski definition) is 0. The lowest BCUT2D eigenvalue weighted by molar-refractivity contribution is -0.111. The summed E-state index contributed by atoms with van der Waals surface area (Å²) in [6.07, 6.45) is 1.09. The van der Waals surface area contributed by atoms with E-state index in [0.717, 1.165) is 11.8 Å². The molecule has 15 heavy (non-hydrogen) atoms. The third-order valence-electron chi connectivity index (χ3n) is 2.11.